The smallest absolute Gasteiger partial charge is 0.232 e. The summed E-state index contributed by atoms with van der Waals surface area (Å²) < 4.78 is 48.2. The van der Waals surface area contributed by atoms with Gasteiger partial charge in [0.1, 0.15) is 5.82 Å². The zero-order valence-electron chi connectivity index (χ0n) is 22.1. The third-order valence-electron chi connectivity index (χ3n) is 6.41. The van der Waals surface area contributed by atoms with Crippen molar-refractivity contribution in [2.75, 3.05) is 22.1 Å². The van der Waals surface area contributed by atoms with E-state index >= 15 is 0 Å². The molecular weight excluding hydrogens is 571 g/mol. The highest BCUT2D eigenvalue weighted by Crippen LogP contribution is 2.29. The summed E-state index contributed by atoms with van der Waals surface area (Å²) in [5.41, 5.74) is 9.65. The number of para-hydroxylation sites is 1. The number of nitrogens with two attached hydrogens (primary N) is 1. The number of anilines is 2. The summed E-state index contributed by atoms with van der Waals surface area (Å²) >= 11 is 5.63. The van der Waals surface area contributed by atoms with Crippen LogP contribution in [0.15, 0.2) is 60.9 Å². The van der Waals surface area contributed by atoms with E-state index in [1.807, 2.05) is 0 Å². The number of H-pyrrole nitrogens is 1. The van der Waals surface area contributed by atoms with Crippen molar-refractivity contribution in [2.24, 2.45) is 0 Å². The lowest BCUT2D eigenvalue weighted by atomic mass is 10.1. The molecule has 0 aliphatic carbocycles. The van der Waals surface area contributed by atoms with Crippen molar-refractivity contribution >= 4 is 49.8 Å². The number of carbonyl (C=O) groups excluding carboxylic acids is 1. The van der Waals surface area contributed by atoms with E-state index < -0.39 is 21.6 Å². The Morgan fingerprint density at radius 2 is 1.93 bits per heavy atom. The first-order chi connectivity index (χ1) is 19.6. The van der Waals surface area contributed by atoms with Crippen LogP contribution in [0.4, 0.5) is 15.9 Å². The Labute approximate surface area is 240 Å². The third kappa shape index (κ3) is 5.88. The number of carbonyl (C=O) groups is 1. The van der Waals surface area contributed by atoms with E-state index in [1.54, 1.807) is 50.2 Å². The molecular formula is C28H26ClFN6O4S. The Balaban J connectivity index is 1.39. The van der Waals surface area contributed by atoms with Crippen molar-refractivity contribution in [3.8, 4) is 17.3 Å². The molecule has 212 valence electrons. The highest BCUT2D eigenvalue weighted by atomic mass is 35.5. The molecule has 0 radical (unpaired) electrons. The number of pyridine rings is 1. The van der Waals surface area contributed by atoms with Gasteiger partial charge in [0, 0.05) is 22.8 Å². The van der Waals surface area contributed by atoms with Gasteiger partial charge in [-0.05, 0) is 61.7 Å². The molecule has 0 aliphatic rings. The van der Waals surface area contributed by atoms with E-state index in [0.717, 1.165) is 5.39 Å². The Bertz CT molecular complexity index is 1890. The molecule has 0 saturated heterocycles. The Hall–Kier alpha value is -4.42. The van der Waals surface area contributed by atoms with Crippen LogP contribution < -0.4 is 15.2 Å². The van der Waals surface area contributed by atoms with Crippen molar-refractivity contribution < 1.29 is 22.3 Å². The number of nitrogen functional groups attached to an aromatic ring is 1. The molecule has 41 heavy (non-hydrogen) atoms. The maximum atomic E-state index is 14.0. The van der Waals surface area contributed by atoms with Gasteiger partial charge >= 0.3 is 0 Å². The van der Waals surface area contributed by atoms with Crippen LogP contribution in [0.5, 0.6) is 11.6 Å². The minimum atomic E-state index is -3.57. The summed E-state index contributed by atoms with van der Waals surface area (Å²) in [6.45, 7) is 3.56. The number of halogens is 2. The molecule has 5 aromatic rings. The van der Waals surface area contributed by atoms with Crippen LogP contribution in [0, 0.1) is 19.7 Å². The zero-order chi connectivity index (χ0) is 29.3. The maximum absolute atomic E-state index is 14.0. The van der Waals surface area contributed by atoms with E-state index in [2.05, 4.69) is 19.8 Å². The first-order valence-corrected chi connectivity index (χ1v) is 14.7. The number of benzene rings is 2. The van der Waals surface area contributed by atoms with E-state index in [9.17, 15) is 17.6 Å². The molecule has 5 rings (SSSR count). The largest absolute Gasteiger partial charge is 0.436 e. The van der Waals surface area contributed by atoms with Crippen LogP contribution in [0.25, 0.3) is 16.6 Å². The van der Waals surface area contributed by atoms with E-state index in [-0.39, 0.29) is 40.3 Å². The van der Waals surface area contributed by atoms with Gasteiger partial charge < -0.3 is 15.5 Å². The van der Waals surface area contributed by atoms with Crippen molar-refractivity contribution in [3.05, 3.63) is 89.1 Å². The highest BCUT2D eigenvalue weighted by Gasteiger charge is 2.21. The molecule has 2 aromatic carbocycles. The van der Waals surface area contributed by atoms with Gasteiger partial charge in [-0.2, -0.15) is 5.10 Å². The third-order valence-corrected chi connectivity index (χ3v) is 8.04. The first-order valence-electron chi connectivity index (χ1n) is 12.5. The minimum Gasteiger partial charge on any atom is -0.436 e. The number of sulfonamides is 1. The number of aromatic amines is 1. The second kappa shape index (κ2) is 11.2. The lowest BCUT2D eigenvalue weighted by Gasteiger charge is -2.11. The fourth-order valence-electron chi connectivity index (χ4n) is 4.30. The number of aryl methyl sites for hydroxylation is 2. The number of hydrogen-bond acceptors (Lipinski definition) is 7. The lowest BCUT2D eigenvalue weighted by Crippen LogP contribution is -2.17. The van der Waals surface area contributed by atoms with E-state index in [4.69, 9.17) is 22.1 Å². The van der Waals surface area contributed by atoms with Gasteiger partial charge in [0.2, 0.25) is 21.7 Å². The number of nitrogens with zero attached hydrogens (tertiary/aromatic N) is 3. The molecule has 0 aliphatic heterocycles. The molecule has 3 aromatic heterocycles. The monoisotopic (exact) mass is 596 g/mol. The van der Waals surface area contributed by atoms with Crippen LogP contribution in [-0.4, -0.2) is 45.6 Å². The molecule has 10 nitrogen and oxygen atoms in total. The molecule has 0 atom stereocenters. The summed E-state index contributed by atoms with van der Waals surface area (Å²) in [6, 6.07) is 12.7. The van der Waals surface area contributed by atoms with E-state index in [1.165, 1.54) is 29.2 Å². The molecule has 0 fully saturated rings. The number of aromatic nitrogens is 4. The normalized spacial score (nSPS) is 11.6. The summed E-state index contributed by atoms with van der Waals surface area (Å²) in [5, 5.41) is 5.03. The van der Waals surface area contributed by atoms with Gasteiger partial charge in [-0.1, -0.05) is 12.1 Å². The SMILES string of the molecule is Cc1cc2cc(C(=O)c3cnn(-c4cnc(Oc5ccccc5F)cc4C)c3N)[nH]c2cc1NS(=O)(=O)CCCCl. The fourth-order valence-corrected chi connectivity index (χ4v) is 5.77. The minimum absolute atomic E-state index is 0.0445. The molecule has 0 saturated carbocycles. The average Bonchev–Trinajstić information content (AvgIpc) is 3.51. The number of ether oxygens (including phenoxy) is 1. The second-order valence-electron chi connectivity index (χ2n) is 9.43. The number of alkyl halides is 1. The molecule has 4 N–H and O–H groups in total. The second-order valence-corrected chi connectivity index (χ2v) is 11.6. The standard InChI is InChI=1S/C28H26ClFN6O4S/c1-16-10-18-12-23(34-22(18)13-21(16)35-41(38,39)9-5-8-29)27(37)19-14-33-36(28(19)31)24-15-32-26(11-17(24)2)40-25-7-4-3-6-20(25)30/h3-4,6-7,10-15,34-35H,5,8-9,31H2,1-2H3. The fraction of sp³-hybridized carbons (Fsp3) is 0.179. The molecule has 0 spiro atoms. The predicted molar refractivity (Wildman–Crippen MR) is 156 cm³/mol. The number of nitrogens with one attached hydrogen (secondary N) is 2. The summed E-state index contributed by atoms with van der Waals surface area (Å²) in [5.74, 6) is -0.422. The topological polar surface area (TPSA) is 145 Å². The summed E-state index contributed by atoms with van der Waals surface area (Å²) in [7, 11) is -3.57. The lowest BCUT2D eigenvalue weighted by molar-refractivity contribution is 0.103. The Morgan fingerprint density at radius 1 is 1.15 bits per heavy atom. The predicted octanol–water partition coefficient (Wildman–Crippen LogP) is 5.48. The quantitative estimate of drug-likeness (QED) is 0.143. The van der Waals surface area contributed by atoms with Gasteiger partial charge in [0.05, 0.1) is 40.8 Å². The van der Waals surface area contributed by atoms with Gasteiger partial charge in [-0.15, -0.1) is 11.6 Å². The molecule has 0 amide bonds. The summed E-state index contributed by atoms with van der Waals surface area (Å²) in [4.78, 5) is 20.7. The van der Waals surface area contributed by atoms with Gasteiger partial charge in [0.15, 0.2) is 11.6 Å². The Morgan fingerprint density at radius 3 is 2.66 bits per heavy atom. The van der Waals surface area contributed by atoms with Crippen LogP contribution in [0.1, 0.15) is 33.6 Å². The van der Waals surface area contributed by atoms with E-state index in [0.29, 0.717) is 34.4 Å². The Kier molecular flexibility index (Phi) is 7.70. The molecule has 0 bridgehead atoms. The number of fused-ring (bicyclic) bond motifs is 1. The first kappa shape index (κ1) is 28.1. The molecule has 0 unspecified atom stereocenters. The zero-order valence-corrected chi connectivity index (χ0v) is 23.7. The summed E-state index contributed by atoms with van der Waals surface area (Å²) in [6.07, 6.45) is 3.17. The van der Waals surface area contributed by atoms with Crippen molar-refractivity contribution in [2.45, 2.75) is 20.3 Å². The van der Waals surface area contributed by atoms with Crippen molar-refractivity contribution in [1.82, 2.24) is 19.7 Å². The van der Waals surface area contributed by atoms with Gasteiger partial charge in [0.25, 0.3) is 0 Å². The van der Waals surface area contributed by atoms with Crippen LogP contribution in [-0.2, 0) is 10.0 Å². The maximum Gasteiger partial charge on any atom is 0.232 e. The molecule has 13 heteroatoms. The highest BCUT2D eigenvalue weighted by molar-refractivity contribution is 7.92. The molecule has 3 heterocycles. The van der Waals surface area contributed by atoms with Crippen molar-refractivity contribution in [1.29, 1.82) is 0 Å². The number of ketones is 1. The number of hydrogen-bond donors (Lipinski definition) is 3. The van der Waals surface area contributed by atoms with Gasteiger partial charge in [-0.3, -0.25) is 9.52 Å². The van der Waals surface area contributed by atoms with Crippen LogP contribution >= 0.6 is 11.6 Å². The van der Waals surface area contributed by atoms with Gasteiger partial charge in [-0.25, -0.2) is 22.5 Å². The number of rotatable bonds is 10. The van der Waals surface area contributed by atoms with Crippen LogP contribution in [0.2, 0.25) is 0 Å². The van der Waals surface area contributed by atoms with Crippen LogP contribution in [0.3, 0.4) is 0 Å². The average molecular weight is 597 g/mol. The van der Waals surface area contributed by atoms with Crippen molar-refractivity contribution in [3.63, 3.8) is 0 Å².